The molecule has 4 fully saturated rings. The van der Waals surface area contributed by atoms with Gasteiger partial charge in [0.2, 0.25) is 11.8 Å². The predicted octanol–water partition coefficient (Wildman–Crippen LogP) is 3.89. The van der Waals surface area contributed by atoms with Gasteiger partial charge in [-0.25, -0.2) is 14.4 Å². The van der Waals surface area contributed by atoms with Crippen molar-refractivity contribution in [3.8, 4) is 5.75 Å². The molecule has 0 bridgehead atoms. The molecule has 4 amide bonds. The van der Waals surface area contributed by atoms with Gasteiger partial charge in [0.05, 0.1) is 26.4 Å². The number of nitrogens with zero attached hydrogens (tertiary/aromatic N) is 3. The second-order valence-electron chi connectivity index (χ2n) is 16.5. The summed E-state index contributed by atoms with van der Waals surface area (Å²) in [6, 6.07) is 3.83. The largest absolute Gasteiger partial charge is 0.492 e. The van der Waals surface area contributed by atoms with E-state index in [-0.39, 0.29) is 25.5 Å². The molecular formula is C40H59N5O10. The molecule has 304 valence electrons. The van der Waals surface area contributed by atoms with Gasteiger partial charge in [-0.2, -0.15) is 0 Å². The molecule has 6 rings (SSSR count). The van der Waals surface area contributed by atoms with Gasteiger partial charge >= 0.3 is 18.2 Å². The van der Waals surface area contributed by atoms with Crippen LogP contribution in [0.3, 0.4) is 0 Å². The highest BCUT2D eigenvalue weighted by molar-refractivity contribution is 5.96. The van der Waals surface area contributed by atoms with Crippen LogP contribution in [0.15, 0.2) is 18.2 Å². The van der Waals surface area contributed by atoms with Crippen LogP contribution in [-0.4, -0.2) is 127 Å². The van der Waals surface area contributed by atoms with E-state index in [1.807, 2.05) is 18.2 Å². The summed E-state index contributed by atoms with van der Waals surface area (Å²) in [6.07, 6.45) is 3.88. The standard InChI is InChI=1S/C40H59N5O10/c1-5-52-36(48)40-23-29(40)11-9-7-6-8-10-12-32(41-37(49)55-39(2,3)4)35(47)45-26-31(22-33(45)34(46)42-40)54-38(50)44-24-27-13-14-30(21-28(27)25-44)53-20-17-43-15-18-51-19-16-43/h13-14,21,29,31-33H,5-12,15-20,22-26H2,1-4H3,(H,41,49)(H,42,46)/t29?,31-,32+,33+,40-/m1/s1. The highest BCUT2D eigenvalue weighted by atomic mass is 16.6. The molecule has 1 aromatic rings. The third-order valence-electron chi connectivity index (χ3n) is 11.2. The van der Waals surface area contributed by atoms with E-state index in [1.165, 1.54) is 4.90 Å². The van der Waals surface area contributed by atoms with Crippen molar-refractivity contribution in [2.45, 2.75) is 128 Å². The van der Waals surface area contributed by atoms with Gasteiger partial charge < -0.3 is 39.2 Å². The maximum Gasteiger partial charge on any atom is 0.410 e. The molecule has 0 aromatic heterocycles. The Morgan fingerprint density at radius 2 is 1.73 bits per heavy atom. The molecule has 1 aliphatic carbocycles. The monoisotopic (exact) mass is 769 g/mol. The number of hydrogen-bond donors (Lipinski definition) is 2. The molecule has 2 N–H and O–H groups in total. The Labute approximate surface area is 324 Å². The fraction of sp³-hybridized carbons (Fsp3) is 0.725. The highest BCUT2D eigenvalue weighted by Crippen LogP contribution is 2.48. The molecule has 3 saturated heterocycles. The maximum absolute atomic E-state index is 14.4. The lowest BCUT2D eigenvalue weighted by atomic mass is 10.0. The van der Waals surface area contributed by atoms with Crippen LogP contribution < -0.4 is 15.4 Å². The van der Waals surface area contributed by atoms with Gasteiger partial charge in [-0.05, 0) is 76.1 Å². The van der Waals surface area contributed by atoms with Gasteiger partial charge in [0, 0.05) is 39.1 Å². The number of nitrogens with one attached hydrogen (secondary N) is 2. The third kappa shape index (κ3) is 10.4. The van der Waals surface area contributed by atoms with Gasteiger partial charge in [-0.15, -0.1) is 0 Å². The molecule has 55 heavy (non-hydrogen) atoms. The molecule has 0 spiro atoms. The van der Waals surface area contributed by atoms with E-state index in [0.29, 0.717) is 39.0 Å². The number of esters is 1. The number of ether oxygens (including phenoxy) is 5. The number of rotatable bonds is 8. The molecular weight excluding hydrogens is 710 g/mol. The molecule has 1 saturated carbocycles. The number of morpholine rings is 1. The fourth-order valence-electron chi connectivity index (χ4n) is 8.17. The zero-order valence-electron chi connectivity index (χ0n) is 32.9. The first kappa shape index (κ1) is 40.6. The van der Waals surface area contributed by atoms with Crippen molar-refractivity contribution in [3.63, 3.8) is 0 Å². The zero-order chi connectivity index (χ0) is 39.2. The lowest BCUT2D eigenvalue weighted by Gasteiger charge is -2.30. The van der Waals surface area contributed by atoms with Crippen LogP contribution >= 0.6 is 0 Å². The van der Waals surface area contributed by atoms with E-state index in [4.69, 9.17) is 23.7 Å². The smallest absolute Gasteiger partial charge is 0.410 e. The molecule has 15 nitrogen and oxygen atoms in total. The summed E-state index contributed by atoms with van der Waals surface area (Å²) in [4.78, 5) is 73.7. The molecule has 5 atom stereocenters. The molecule has 15 heteroatoms. The lowest BCUT2D eigenvalue weighted by Crippen LogP contribution is -2.56. The first-order chi connectivity index (χ1) is 26.3. The number of hydrogen-bond acceptors (Lipinski definition) is 11. The molecule has 4 aliphatic heterocycles. The van der Waals surface area contributed by atoms with Crippen LogP contribution in [0.5, 0.6) is 5.75 Å². The van der Waals surface area contributed by atoms with Crippen molar-refractivity contribution in [1.29, 1.82) is 0 Å². The van der Waals surface area contributed by atoms with Crippen LogP contribution in [-0.2, 0) is 46.4 Å². The minimum atomic E-state index is -1.16. The first-order valence-corrected chi connectivity index (χ1v) is 20.1. The SMILES string of the molecule is CCOC(=O)[C@@]12CC1CCCCCCC[C@H](NC(=O)OC(C)(C)C)C(=O)N1C[C@H](OC(=O)N3Cc4ccc(OCCN5CCOCC5)cc4C3)C[C@H]1C(=O)N2. The first-order valence-electron chi connectivity index (χ1n) is 20.1. The summed E-state index contributed by atoms with van der Waals surface area (Å²) in [5, 5.41) is 5.75. The number of fused-ring (bicyclic) bond motifs is 3. The number of carbonyl (C=O) groups is 5. The normalized spacial score (nSPS) is 27.7. The zero-order valence-corrected chi connectivity index (χ0v) is 32.9. The van der Waals surface area contributed by atoms with E-state index in [0.717, 1.165) is 81.8 Å². The Hall–Kier alpha value is -4.11. The highest BCUT2D eigenvalue weighted by Gasteiger charge is 2.62. The fourth-order valence-corrected chi connectivity index (χ4v) is 8.17. The average molecular weight is 770 g/mol. The minimum absolute atomic E-state index is 0.0357. The van der Waals surface area contributed by atoms with Gasteiger partial charge in [0.15, 0.2) is 0 Å². The van der Waals surface area contributed by atoms with Crippen molar-refractivity contribution < 1.29 is 47.7 Å². The van der Waals surface area contributed by atoms with E-state index in [9.17, 15) is 24.0 Å². The number of alkyl carbamates (subject to hydrolysis) is 1. The van der Waals surface area contributed by atoms with Crippen LogP contribution in [0.2, 0.25) is 0 Å². The summed E-state index contributed by atoms with van der Waals surface area (Å²) in [5.74, 6) is -0.774. The molecule has 1 aromatic carbocycles. The summed E-state index contributed by atoms with van der Waals surface area (Å²) >= 11 is 0. The molecule has 4 heterocycles. The van der Waals surface area contributed by atoms with Crippen molar-refractivity contribution in [3.05, 3.63) is 29.3 Å². The summed E-state index contributed by atoms with van der Waals surface area (Å²) in [7, 11) is 0. The Morgan fingerprint density at radius 1 is 1.00 bits per heavy atom. The quantitative estimate of drug-likeness (QED) is 0.291. The van der Waals surface area contributed by atoms with Crippen LogP contribution in [0.4, 0.5) is 9.59 Å². The summed E-state index contributed by atoms with van der Waals surface area (Å²) in [5.41, 5.74) is 0.0218. The van der Waals surface area contributed by atoms with E-state index < -0.39 is 59.3 Å². The van der Waals surface area contributed by atoms with Crippen LogP contribution in [0.1, 0.15) is 96.6 Å². The molecule has 5 aliphatic rings. The van der Waals surface area contributed by atoms with E-state index in [1.54, 1.807) is 32.6 Å². The predicted molar refractivity (Wildman–Crippen MR) is 200 cm³/mol. The molecule has 0 radical (unpaired) electrons. The maximum atomic E-state index is 14.4. The van der Waals surface area contributed by atoms with Gasteiger partial charge in [0.25, 0.3) is 0 Å². The van der Waals surface area contributed by atoms with Crippen LogP contribution in [0, 0.1) is 5.92 Å². The van der Waals surface area contributed by atoms with Gasteiger partial charge in [-0.3, -0.25) is 19.4 Å². The van der Waals surface area contributed by atoms with Crippen molar-refractivity contribution in [1.82, 2.24) is 25.3 Å². The molecule has 1 unspecified atom stereocenters. The second-order valence-corrected chi connectivity index (χ2v) is 16.5. The number of carbonyl (C=O) groups excluding carboxylic acids is 5. The Balaban J connectivity index is 1.14. The Bertz CT molecular complexity index is 1560. The average Bonchev–Trinajstić information content (AvgIpc) is 3.43. The van der Waals surface area contributed by atoms with Gasteiger partial charge in [-0.1, -0.05) is 38.2 Å². The Morgan fingerprint density at radius 3 is 2.47 bits per heavy atom. The second kappa shape index (κ2) is 17.8. The minimum Gasteiger partial charge on any atom is -0.492 e. The number of benzene rings is 1. The van der Waals surface area contributed by atoms with E-state index >= 15 is 0 Å². The number of amides is 4. The van der Waals surface area contributed by atoms with Crippen molar-refractivity contribution in [2.24, 2.45) is 5.92 Å². The third-order valence-corrected chi connectivity index (χ3v) is 11.2. The van der Waals surface area contributed by atoms with Crippen LogP contribution in [0.25, 0.3) is 0 Å². The van der Waals surface area contributed by atoms with Crippen molar-refractivity contribution in [2.75, 3.05) is 52.6 Å². The Kier molecular flexibility index (Phi) is 13.1. The summed E-state index contributed by atoms with van der Waals surface area (Å²) < 4.78 is 28.4. The van der Waals surface area contributed by atoms with Crippen molar-refractivity contribution >= 4 is 30.0 Å². The topological polar surface area (TPSA) is 165 Å². The van der Waals surface area contributed by atoms with Gasteiger partial charge in [0.1, 0.15) is 41.7 Å². The summed E-state index contributed by atoms with van der Waals surface area (Å²) in [6.45, 7) is 12.4. The lowest BCUT2D eigenvalue weighted by molar-refractivity contribution is -0.150. The van der Waals surface area contributed by atoms with E-state index in [2.05, 4.69) is 15.5 Å².